The van der Waals surface area contributed by atoms with Crippen LogP contribution in [-0.4, -0.2) is 0 Å². The fourth-order valence-electron chi connectivity index (χ4n) is 1.08. The van der Waals surface area contributed by atoms with E-state index in [2.05, 4.69) is 11.4 Å². The second kappa shape index (κ2) is 4.29. The van der Waals surface area contributed by atoms with Gasteiger partial charge in [-0.25, -0.2) is 0 Å². The third-order valence-electron chi connectivity index (χ3n) is 1.68. The van der Waals surface area contributed by atoms with Crippen molar-refractivity contribution in [2.75, 3.05) is 0 Å². The minimum Gasteiger partial charge on any atom is -0.411 e. The van der Waals surface area contributed by atoms with Crippen molar-refractivity contribution in [2.24, 2.45) is 5.90 Å². The summed E-state index contributed by atoms with van der Waals surface area (Å²) in [4.78, 5) is 4.64. The molecule has 1 aromatic rings. The third-order valence-corrected chi connectivity index (χ3v) is 1.68. The first kappa shape index (κ1) is 9.30. The first-order valence-electron chi connectivity index (χ1n) is 3.82. The maximum atomic E-state index is 8.65. The van der Waals surface area contributed by atoms with Crippen molar-refractivity contribution in [3.8, 4) is 11.8 Å². The summed E-state index contributed by atoms with van der Waals surface area (Å²) in [5.41, 5.74) is 1.47. The Bertz CT molecular complexity index is 352. The first-order valence-corrected chi connectivity index (χ1v) is 3.82. The summed E-state index contributed by atoms with van der Waals surface area (Å²) >= 11 is 0. The van der Waals surface area contributed by atoms with Crippen molar-refractivity contribution in [2.45, 2.75) is 6.42 Å². The summed E-state index contributed by atoms with van der Waals surface area (Å²) in [6.45, 7) is 3.61. The predicted octanol–water partition coefficient (Wildman–Crippen LogP) is 1.54. The number of allylic oxidation sites excluding steroid dienone is 1. The maximum Gasteiger partial charge on any atom is 0.150 e. The molecule has 13 heavy (non-hydrogen) atoms. The lowest BCUT2D eigenvalue weighted by atomic mass is 10.1. The summed E-state index contributed by atoms with van der Waals surface area (Å²) in [6.07, 6.45) is 2.38. The van der Waals surface area contributed by atoms with Crippen LogP contribution in [0, 0.1) is 11.3 Å². The van der Waals surface area contributed by atoms with Gasteiger partial charge in [0.05, 0.1) is 11.6 Å². The van der Waals surface area contributed by atoms with Crippen LogP contribution in [0.3, 0.4) is 0 Å². The molecule has 0 radical (unpaired) electrons. The molecule has 0 amide bonds. The molecule has 0 aliphatic rings. The smallest absolute Gasteiger partial charge is 0.150 e. The zero-order valence-corrected chi connectivity index (χ0v) is 7.16. The lowest BCUT2D eigenvalue weighted by Crippen LogP contribution is -2.04. The molecule has 0 bridgehead atoms. The van der Waals surface area contributed by atoms with Gasteiger partial charge in [-0.2, -0.15) is 11.2 Å². The summed E-state index contributed by atoms with van der Waals surface area (Å²) in [5.74, 6) is 5.64. The number of hydrogen-bond donors (Lipinski definition) is 1. The van der Waals surface area contributed by atoms with Gasteiger partial charge >= 0.3 is 0 Å². The van der Waals surface area contributed by atoms with Crippen molar-refractivity contribution in [3.63, 3.8) is 0 Å². The molecule has 0 saturated carbocycles. The topological polar surface area (TPSA) is 59.0 Å². The molecule has 0 spiro atoms. The highest BCUT2D eigenvalue weighted by Crippen LogP contribution is 2.19. The standard InChI is InChI=1S/C10H10N2O/c1-2-3-9-6-8(7-11)4-5-10(9)13-12/h2,4-6H,1,3,12H2. The van der Waals surface area contributed by atoms with Gasteiger partial charge in [0.1, 0.15) is 5.75 Å². The Labute approximate surface area is 77.0 Å². The van der Waals surface area contributed by atoms with Gasteiger partial charge in [0.25, 0.3) is 0 Å². The Morgan fingerprint density at radius 3 is 2.92 bits per heavy atom. The Kier molecular flexibility index (Phi) is 3.07. The highest BCUT2D eigenvalue weighted by Gasteiger charge is 2.02. The number of rotatable bonds is 3. The van der Waals surface area contributed by atoms with Crippen LogP contribution in [-0.2, 0) is 6.42 Å². The molecule has 0 heterocycles. The van der Waals surface area contributed by atoms with E-state index in [1.807, 2.05) is 6.07 Å². The van der Waals surface area contributed by atoms with E-state index in [1.165, 1.54) is 0 Å². The average Bonchev–Trinajstić information content (AvgIpc) is 2.18. The Morgan fingerprint density at radius 2 is 2.38 bits per heavy atom. The molecule has 66 valence electrons. The first-order chi connectivity index (χ1) is 6.31. The minimum absolute atomic E-state index is 0.582. The molecule has 0 saturated heterocycles. The van der Waals surface area contributed by atoms with Crippen molar-refractivity contribution < 1.29 is 4.84 Å². The summed E-state index contributed by atoms with van der Waals surface area (Å²) < 4.78 is 0. The van der Waals surface area contributed by atoms with Gasteiger partial charge in [0, 0.05) is 5.56 Å². The van der Waals surface area contributed by atoms with Crippen LogP contribution in [0.25, 0.3) is 0 Å². The van der Waals surface area contributed by atoms with Crippen LogP contribution in [0.5, 0.6) is 5.75 Å². The van der Waals surface area contributed by atoms with Gasteiger partial charge in [0.15, 0.2) is 0 Å². The molecular weight excluding hydrogens is 164 g/mol. The number of hydrogen-bond acceptors (Lipinski definition) is 3. The Hall–Kier alpha value is -1.79. The highest BCUT2D eigenvalue weighted by molar-refractivity contribution is 5.42. The molecule has 1 aromatic carbocycles. The lowest BCUT2D eigenvalue weighted by molar-refractivity contribution is 0.331. The van der Waals surface area contributed by atoms with Crippen LogP contribution < -0.4 is 10.7 Å². The lowest BCUT2D eigenvalue weighted by Gasteiger charge is -2.04. The van der Waals surface area contributed by atoms with Crippen LogP contribution in [0.15, 0.2) is 30.9 Å². The molecule has 2 N–H and O–H groups in total. The minimum atomic E-state index is 0.582. The second-order valence-electron chi connectivity index (χ2n) is 2.54. The summed E-state index contributed by atoms with van der Waals surface area (Å²) in [7, 11) is 0. The van der Waals surface area contributed by atoms with E-state index >= 15 is 0 Å². The van der Waals surface area contributed by atoms with E-state index in [0.29, 0.717) is 17.7 Å². The average molecular weight is 174 g/mol. The van der Waals surface area contributed by atoms with Crippen LogP contribution in [0.2, 0.25) is 0 Å². The fraction of sp³-hybridized carbons (Fsp3) is 0.100. The zero-order valence-electron chi connectivity index (χ0n) is 7.16. The van der Waals surface area contributed by atoms with Crippen molar-refractivity contribution >= 4 is 0 Å². The van der Waals surface area contributed by atoms with Crippen molar-refractivity contribution in [1.82, 2.24) is 0 Å². The summed E-state index contributed by atoms with van der Waals surface area (Å²) in [6, 6.07) is 7.13. The maximum absolute atomic E-state index is 8.65. The molecule has 3 heteroatoms. The SMILES string of the molecule is C=CCc1cc(C#N)ccc1ON. The molecule has 0 fully saturated rings. The number of nitrogens with two attached hydrogens (primary N) is 1. The molecule has 1 rings (SSSR count). The molecular formula is C10H10N2O. The molecule has 0 aliphatic heterocycles. The predicted molar refractivity (Wildman–Crippen MR) is 49.9 cm³/mol. The van der Waals surface area contributed by atoms with Gasteiger partial charge in [-0.15, -0.1) is 6.58 Å². The summed E-state index contributed by atoms with van der Waals surface area (Å²) in [5, 5.41) is 8.65. The highest BCUT2D eigenvalue weighted by atomic mass is 16.6. The Balaban J connectivity index is 3.11. The molecule has 0 atom stereocenters. The van der Waals surface area contributed by atoms with E-state index in [0.717, 1.165) is 5.56 Å². The molecule has 0 aliphatic carbocycles. The Morgan fingerprint density at radius 1 is 1.62 bits per heavy atom. The van der Waals surface area contributed by atoms with E-state index in [4.69, 9.17) is 11.2 Å². The van der Waals surface area contributed by atoms with Crippen LogP contribution >= 0.6 is 0 Å². The molecule has 3 nitrogen and oxygen atoms in total. The van der Waals surface area contributed by atoms with E-state index in [-0.39, 0.29) is 0 Å². The largest absolute Gasteiger partial charge is 0.411 e. The monoisotopic (exact) mass is 174 g/mol. The van der Waals surface area contributed by atoms with Crippen molar-refractivity contribution in [3.05, 3.63) is 42.0 Å². The van der Waals surface area contributed by atoms with Crippen LogP contribution in [0.4, 0.5) is 0 Å². The fourth-order valence-corrected chi connectivity index (χ4v) is 1.08. The van der Waals surface area contributed by atoms with Gasteiger partial charge in [-0.1, -0.05) is 6.08 Å². The quantitative estimate of drug-likeness (QED) is 0.558. The van der Waals surface area contributed by atoms with Gasteiger partial charge in [-0.3, -0.25) is 0 Å². The van der Waals surface area contributed by atoms with Gasteiger partial charge in [-0.05, 0) is 24.6 Å². The number of nitriles is 1. The van der Waals surface area contributed by atoms with Gasteiger partial charge in [0.2, 0.25) is 0 Å². The number of nitrogens with zero attached hydrogens (tertiary/aromatic N) is 1. The third kappa shape index (κ3) is 2.08. The zero-order chi connectivity index (χ0) is 9.68. The van der Waals surface area contributed by atoms with E-state index in [1.54, 1.807) is 24.3 Å². The van der Waals surface area contributed by atoms with E-state index < -0.39 is 0 Å². The van der Waals surface area contributed by atoms with Gasteiger partial charge < -0.3 is 4.84 Å². The normalized spacial score (nSPS) is 8.92. The van der Waals surface area contributed by atoms with Crippen LogP contribution in [0.1, 0.15) is 11.1 Å². The molecule has 0 aromatic heterocycles. The van der Waals surface area contributed by atoms with E-state index in [9.17, 15) is 0 Å². The second-order valence-corrected chi connectivity index (χ2v) is 2.54. The molecule has 0 unspecified atom stereocenters. The van der Waals surface area contributed by atoms with Crippen molar-refractivity contribution in [1.29, 1.82) is 5.26 Å². The number of benzene rings is 1.